The topological polar surface area (TPSA) is 58.3 Å². The van der Waals surface area contributed by atoms with Crippen LogP contribution in [0.4, 0.5) is 0 Å². The molecule has 1 unspecified atom stereocenters. The van der Waals surface area contributed by atoms with Gasteiger partial charge in [-0.25, -0.2) is 4.99 Å². The van der Waals surface area contributed by atoms with Gasteiger partial charge in [0.15, 0.2) is 5.66 Å². The minimum absolute atomic E-state index is 0.345. The van der Waals surface area contributed by atoms with Gasteiger partial charge < -0.3 is 10.1 Å². The van der Waals surface area contributed by atoms with Crippen LogP contribution in [0.15, 0.2) is 51.0 Å². The molecule has 25 heavy (non-hydrogen) atoms. The first kappa shape index (κ1) is 16.2. The van der Waals surface area contributed by atoms with Crippen LogP contribution < -0.4 is 10.1 Å². The Morgan fingerprint density at radius 1 is 1.16 bits per heavy atom. The smallest absolute Gasteiger partial charge is 0.151 e. The van der Waals surface area contributed by atoms with Crippen molar-refractivity contribution in [3.05, 3.63) is 41.6 Å². The summed E-state index contributed by atoms with van der Waals surface area (Å²) < 4.78 is 5.21. The summed E-state index contributed by atoms with van der Waals surface area (Å²) in [6.07, 6.45) is 7.08. The average molecular weight is 336 g/mol. The molecule has 1 aromatic carbocycles. The van der Waals surface area contributed by atoms with E-state index < -0.39 is 0 Å². The second-order valence-electron chi connectivity index (χ2n) is 7.03. The molecule has 1 saturated heterocycles. The van der Waals surface area contributed by atoms with Gasteiger partial charge in [-0.05, 0) is 56.6 Å². The molecular formula is C20H24N4O. The second kappa shape index (κ2) is 6.56. The molecule has 1 N–H and O–H groups in total. The predicted octanol–water partition coefficient (Wildman–Crippen LogP) is 2.82. The van der Waals surface area contributed by atoms with Crippen LogP contribution in [-0.4, -0.2) is 43.5 Å². The Morgan fingerprint density at radius 2 is 1.92 bits per heavy atom. The minimum Gasteiger partial charge on any atom is -0.497 e. The number of hydrogen-bond acceptors (Lipinski definition) is 5. The molecule has 3 heterocycles. The molecule has 1 fully saturated rings. The van der Waals surface area contributed by atoms with Gasteiger partial charge in [-0.1, -0.05) is 12.1 Å². The van der Waals surface area contributed by atoms with E-state index in [2.05, 4.69) is 30.4 Å². The molecule has 0 radical (unpaired) electrons. The molecular weight excluding hydrogens is 312 g/mol. The average Bonchev–Trinajstić information content (AvgIpc) is 3.04. The van der Waals surface area contributed by atoms with E-state index in [-0.39, 0.29) is 5.66 Å². The third-order valence-electron chi connectivity index (χ3n) is 5.28. The number of ether oxygens (including phenoxy) is 1. The Balaban J connectivity index is 1.52. The number of rotatable bonds is 4. The van der Waals surface area contributed by atoms with E-state index in [0.29, 0.717) is 5.92 Å². The van der Waals surface area contributed by atoms with Crippen LogP contribution in [0.25, 0.3) is 0 Å². The number of aliphatic imine (C=N–C) groups is 3. The number of benzene rings is 1. The molecule has 1 aromatic rings. The third kappa shape index (κ3) is 3.29. The number of methoxy groups -OCH3 is 1. The Kier molecular flexibility index (Phi) is 4.25. The lowest BCUT2D eigenvalue weighted by molar-refractivity contribution is 0.244. The summed E-state index contributed by atoms with van der Waals surface area (Å²) >= 11 is 0. The molecule has 5 nitrogen and oxygen atoms in total. The zero-order chi connectivity index (χ0) is 17.3. The molecule has 0 amide bonds. The summed E-state index contributed by atoms with van der Waals surface area (Å²) in [5, 5.41) is 3.41. The summed E-state index contributed by atoms with van der Waals surface area (Å²) in [6.45, 7) is 4.26. The van der Waals surface area contributed by atoms with Crippen LogP contribution in [0.2, 0.25) is 0 Å². The standard InChI is InChI=1S/C20H24N4O/c1-20(15-7-9-21-10-8-15)22-13-19-18(24-20)12-16(23-19)11-14-3-5-17(25-2)6-4-14/h3-6,12-13,15,21H,7-11H2,1-2H3. The molecule has 130 valence electrons. The van der Waals surface area contributed by atoms with Gasteiger partial charge in [0.1, 0.15) is 11.5 Å². The van der Waals surface area contributed by atoms with E-state index in [4.69, 9.17) is 19.7 Å². The molecule has 5 heteroatoms. The molecule has 1 atom stereocenters. The maximum Gasteiger partial charge on any atom is 0.151 e. The van der Waals surface area contributed by atoms with Crippen molar-refractivity contribution in [3.8, 4) is 5.75 Å². The van der Waals surface area contributed by atoms with Crippen molar-refractivity contribution in [1.82, 2.24) is 5.32 Å². The van der Waals surface area contributed by atoms with E-state index in [1.54, 1.807) is 7.11 Å². The molecule has 3 aliphatic rings. The highest BCUT2D eigenvalue weighted by Crippen LogP contribution is 2.33. The van der Waals surface area contributed by atoms with Gasteiger partial charge in [-0.3, -0.25) is 9.98 Å². The van der Waals surface area contributed by atoms with Gasteiger partial charge in [0, 0.05) is 18.0 Å². The number of piperidine rings is 1. The maximum atomic E-state index is 5.21. The van der Waals surface area contributed by atoms with Gasteiger partial charge in [0.2, 0.25) is 0 Å². The lowest BCUT2D eigenvalue weighted by Gasteiger charge is -2.35. The zero-order valence-corrected chi connectivity index (χ0v) is 14.8. The fourth-order valence-corrected chi connectivity index (χ4v) is 3.73. The van der Waals surface area contributed by atoms with E-state index in [1.165, 1.54) is 5.56 Å². The van der Waals surface area contributed by atoms with Crippen LogP contribution in [0.3, 0.4) is 0 Å². The monoisotopic (exact) mass is 336 g/mol. The van der Waals surface area contributed by atoms with Crippen molar-refractivity contribution in [3.63, 3.8) is 0 Å². The Morgan fingerprint density at radius 3 is 2.64 bits per heavy atom. The van der Waals surface area contributed by atoms with E-state index >= 15 is 0 Å². The van der Waals surface area contributed by atoms with Gasteiger partial charge >= 0.3 is 0 Å². The Bertz CT molecular complexity index is 769. The summed E-state index contributed by atoms with van der Waals surface area (Å²) in [5.41, 5.74) is 3.80. The predicted molar refractivity (Wildman–Crippen MR) is 102 cm³/mol. The number of nitrogens with one attached hydrogen (secondary N) is 1. The molecule has 0 aliphatic carbocycles. The molecule has 3 aliphatic heterocycles. The maximum absolute atomic E-state index is 5.21. The third-order valence-corrected chi connectivity index (χ3v) is 5.28. The second-order valence-corrected chi connectivity index (χ2v) is 7.03. The Labute approximate surface area is 148 Å². The highest BCUT2D eigenvalue weighted by molar-refractivity contribution is 6.67. The van der Waals surface area contributed by atoms with E-state index in [9.17, 15) is 0 Å². The first-order valence-electron chi connectivity index (χ1n) is 8.95. The van der Waals surface area contributed by atoms with Gasteiger partial charge in [0.05, 0.1) is 19.0 Å². The molecule has 0 saturated carbocycles. The van der Waals surface area contributed by atoms with Crippen molar-refractivity contribution in [1.29, 1.82) is 0 Å². The lowest BCUT2D eigenvalue weighted by atomic mass is 9.85. The fourth-order valence-electron chi connectivity index (χ4n) is 3.73. The van der Waals surface area contributed by atoms with Gasteiger partial charge in [-0.2, -0.15) is 0 Å². The first-order valence-corrected chi connectivity index (χ1v) is 8.95. The summed E-state index contributed by atoms with van der Waals surface area (Å²) in [6, 6.07) is 8.13. The number of nitrogens with zero attached hydrogens (tertiary/aromatic N) is 3. The highest BCUT2D eigenvalue weighted by atomic mass is 16.5. The zero-order valence-electron chi connectivity index (χ0n) is 14.8. The van der Waals surface area contributed by atoms with Crippen molar-refractivity contribution in [2.45, 2.75) is 31.8 Å². The highest BCUT2D eigenvalue weighted by Gasteiger charge is 2.37. The van der Waals surface area contributed by atoms with Crippen molar-refractivity contribution in [2.24, 2.45) is 20.9 Å². The summed E-state index contributed by atoms with van der Waals surface area (Å²) in [7, 11) is 1.68. The number of hydrogen-bond donors (Lipinski definition) is 1. The number of allylic oxidation sites excluding steroid dienone is 2. The minimum atomic E-state index is -0.345. The Hall–Kier alpha value is -2.27. The van der Waals surface area contributed by atoms with Crippen molar-refractivity contribution < 1.29 is 4.74 Å². The normalized spacial score (nSPS) is 25.9. The van der Waals surface area contributed by atoms with Crippen LogP contribution in [0.1, 0.15) is 25.3 Å². The van der Waals surface area contributed by atoms with E-state index in [1.807, 2.05) is 18.3 Å². The van der Waals surface area contributed by atoms with Crippen molar-refractivity contribution >= 4 is 17.6 Å². The summed E-state index contributed by atoms with van der Waals surface area (Å²) in [4.78, 5) is 14.5. The van der Waals surface area contributed by atoms with E-state index in [0.717, 1.165) is 55.2 Å². The van der Waals surface area contributed by atoms with Crippen LogP contribution in [-0.2, 0) is 6.42 Å². The quantitative estimate of drug-likeness (QED) is 0.919. The van der Waals surface area contributed by atoms with Crippen molar-refractivity contribution in [2.75, 3.05) is 20.2 Å². The molecule has 0 spiro atoms. The largest absolute Gasteiger partial charge is 0.497 e. The molecule has 4 rings (SSSR count). The van der Waals surface area contributed by atoms with Crippen LogP contribution in [0, 0.1) is 5.92 Å². The number of fused-ring (bicyclic) bond motifs is 1. The van der Waals surface area contributed by atoms with Crippen LogP contribution in [0.5, 0.6) is 5.75 Å². The first-order chi connectivity index (χ1) is 12.2. The van der Waals surface area contributed by atoms with Crippen LogP contribution >= 0.6 is 0 Å². The molecule has 0 bridgehead atoms. The van der Waals surface area contributed by atoms with Gasteiger partial charge in [-0.15, -0.1) is 0 Å². The lowest BCUT2D eigenvalue weighted by Crippen LogP contribution is -2.42. The fraction of sp³-hybridized carbons (Fsp3) is 0.450. The summed E-state index contributed by atoms with van der Waals surface area (Å²) in [5.74, 6) is 1.37. The SMILES string of the molecule is COc1ccc(CC2=CC3=NC(C)(C4CCNCC4)N=CC3=N2)cc1. The van der Waals surface area contributed by atoms with Gasteiger partial charge in [0.25, 0.3) is 0 Å². The molecule has 0 aromatic heterocycles.